The van der Waals surface area contributed by atoms with Gasteiger partial charge in [0.25, 0.3) is 0 Å². The molecule has 2 aliphatic rings. The highest BCUT2D eigenvalue weighted by Crippen LogP contribution is 2.27. The van der Waals surface area contributed by atoms with E-state index in [0.717, 1.165) is 24.2 Å². The summed E-state index contributed by atoms with van der Waals surface area (Å²) in [4.78, 5) is 21.9. The highest BCUT2D eigenvalue weighted by atomic mass is 19.1. The van der Waals surface area contributed by atoms with Gasteiger partial charge in [-0.15, -0.1) is 0 Å². The van der Waals surface area contributed by atoms with E-state index in [0.29, 0.717) is 41.7 Å². The van der Waals surface area contributed by atoms with Crippen molar-refractivity contribution in [2.24, 2.45) is 20.7 Å². The van der Waals surface area contributed by atoms with Crippen molar-refractivity contribution in [3.05, 3.63) is 88.8 Å². The van der Waals surface area contributed by atoms with E-state index >= 15 is 4.39 Å². The first kappa shape index (κ1) is 23.7. The largest absolute Gasteiger partial charge is 0.323 e. The van der Waals surface area contributed by atoms with Crippen LogP contribution in [-0.4, -0.2) is 58.8 Å². The Morgan fingerprint density at radius 1 is 1.29 bits per heavy atom. The lowest BCUT2D eigenvalue weighted by Gasteiger charge is -2.27. The number of aliphatic imine (C=N–C) groups is 3. The molecular weight excluding hydrogens is 429 g/mol. The number of benzene rings is 1. The van der Waals surface area contributed by atoms with Gasteiger partial charge in [-0.3, -0.25) is 19.9 Å². The van der Waals surface area contributed by atoms with Crippen LogP contribution in [0.5, 0.6) is 0 Å². The van der Waals surface area contributed by atoms with Crippen LogP contribution < -0.4 is 5.73 Å². The van der Waals surface area contributed by atoms with Gasteiger partial charge in [0.15, 0.2) is 5.84 Å². The second-order valence-electron chi connectivity index (χ2n) is 8.37. The third kappa shape index (κ3) is 5.18. The Balaban J connectivity index is 1.64. The number of pyridine rings is 1. The molecule has 0 fully saturated rings. The van der Waals surface area contributed by atoms with Crippen LogP contribution in [-0.2, 0) is 13.1 Å². The third-order valence-corrected chi connectivity index (χ3v) is 5.82. The second kappa shape index (κ2) is 10.6. The molecule has 3 heterocycles. The Bertz CT molecular complexity index is 1170. The minimum Gasteiger partial charge on any atom is -0.323 e. The number of rotatable bonds is 7. The molecule has 0 bridgehead atoms. The fourth-order valence-electron chi connectivity index (χ4n) is 4.13. The summed E-state index contributed by atoms with van der Waals surface area (Å²) >= 11 is 0. The van der Waals surface area contributed by atoms with Gasteiger partial charge in [0.1, 0.15) is 17.3 Å². The van der Waals surface area contributed by atoms with Crippen LogP contribution in [0, 0.1) is 5.82 Å². The minimum absolute atomic E-state index is 0.0188. The lowest BCUT2D eigenvalue weighted by molar-refractivity contribution is 0.276. The zero-order valence-electron chi connectivity index (χ0n) is 19.7. The molecule has 1 atom stereocenters. The predicted octanol–water partition coefficient (Wildman–Crippen LogP) is 3.53. The first-order valence-corrected chi connectivity index (χ1v) is 11.4. The molecule has 0 amide bonds. The van der Waals surface area contributed by atoms with Gasteiger partial charge >= 0.3 is 0 Å². The predicted molar refractivity (Wildman–Crippen MR) is 135 cm³/mol. The van der Waals surface area contributed by atoms with E-state index in [2.05, 4.69) is 32.7 Å². The number of amidine groups is 2. The first-order valence-electron chi connectivity index (χ1n) is 11.4. The number of allylic oxidation sites excluding steroid dienone is 1. The Kier molecular flexibility index (Phi) is 7.40. The van der Waals surface area contributed by atoms with Gasteiger partial charge < -0.3 is 10.6 Å². The maximum atomic E-state index is 15.3. The van der Waals surface area contributed by atoms with Crippen molar-refractivity contribution in [1.29, 1.82) is 0 Å². The number of halogens is 1. The highest BCUT2D eigenvalue weighted by molar-refractivity contribution is 6.20. The standard InChI is InChI=1S/C26H30FN7/c1-4-31-26-24(18(2)29-3)32-25(20-7-5-11-30-14-20)34(26)16-21-10-9-19(13-23(21)27)15-33-12-6-8-22(28)17-33/h5-11,13-14,22H,3-4,12,15-17,28H2,1-2H3/b24-18+,31-26?. The van der Waals surface area contributed by atoms with Gasteiger partial charge in [-0.05, 0) is 44.3 Å². The zero-order chi connectivity index (χ0) is 24.1. The van der Waals surface area contributed by atoms with Crippen molar-refractivity contribution < 1.29 is 4.39 Å². The number of aromatic nitrogens is 1. The number of nitrogens with zero attached hydrogens (tertiary/aromatic N) is 6. The summed E-state index contributed by atoms with van der Waals surface area (Å²) in [6, 6.07) is 9.23. The van der Waals surface area contributed by atoms with Crippen molar-refractivity contribution in [2.45, 2.75) is 33.0 Å². The Morgan fingerprint density at radius 3 is 2.82 bits per heavy atom. The van der Waals surface area contributed by atoms with Gasteiger partial charge in [0, 0.05) is 55.7 Å². The number of nitrogens with two attached hydrogens (primary N) is 1. The van der Waals surface area contributed by atoms with E-state index in [1.807, 2.05) is 49.1 Å². The summed E-state index contributed by atoms with van der Waals surface area (Å²) in [5.41, 5.74) is 9.63. The fraction of sp³-hybridized carbons (Fsp3) is 0.308. The Hall–Kier alpha value is -3.49. The average Bonchev–Trinajstić information content (AvgIpc) is 3.19. The molecule has 7 nitrogen and oxygen atoms in total. The third-order valence-electron chi connectivity index (χ3n) is 5.82. The van der Waals surface area contributed by atoms with E-state index in [1.165, 1.54) is 0 Å². The summed E-state index contributed by atoms with van der Waals surface area (Å²) in [5.74, 6) is 1.06. The molecule has 2 N–H and O–H groups in total. The SMILES string of the molecule is C=N/C(C)=C1/N=C(c2cccnc2)N(Cc2ccc(CN3CC=CC(N)C3)cc2F)C1=NCC. The summed E-state index contributed by atoms with van der Waals surface area (Å²) in [6.45, 7) is 10.5. The van der Waals surface area contributed by atoms with Crippen LogP contribution in [0.25, 0.3) is 0 Å². The van der Waals surface area contributed by atoms with Crippen molar-refractivity contribution in [1.82, 2.24) is 14.8 Å². The van der Waals surface area contributed by atoms with Crippen LogP contribution in [0.15, 0.2) is 81.2 Å². The molecule has 0 saturated carbocycles. The van der Waals surface area contributed by atoms with E-state index < -0.39 is 0 Å². The summed E-state index contributed by atoms with van der Waals surface area (Å²) in [6.07, 6.45) is 7.53. The molecule has 4 rings (SSSR count). The smallest absolute Gasteiger partial charge is 0.157 e. The van der Waals surface area contributed by atoms with Gasteiger partial charge in [-0.1, -0.05) is 24.3 Å². The van der Waals surface area contributed by atoms with Crippen LogP contribution in [0.2, 0.25) is 0 Å². The topological polar surface area (TPSA) is 82.5 Å². The molecule has 0 aliphatic carbocycles. The van der Waals surface area contributed by atoms with Crippen molar-refractivity contribution in [3.8, 4) is 0 Å². The van der Waals surface area contributed by atoms with Gasteiger partial charge in [0.2, 0.25) is 0 Å². The molecule has 1 aromatic heterocycles. The Morgan fingerprint density at radius 2 is 2.15 bits per heavy atom. The molecule has 1 aromatic carbocycles. The zero-order valence-corrected chi connectivity index (χ0v) is 19.7. The molecule has 176 valence electrons. The number of hydrogen-bond donors (Lipinski definition) is 1. The van der Waals surface area contributed by atoms with E-state index in [4.69, 9.17) is 10.7 Å². The van der Waals surface area contributed by atoms with Crippen LogP contribution in [0.3, 0.4) is 0 Å². The van der Waals surface area contributed by atoms with Crippen molar-refractivity contribution in [3.63, 3.8) is 0 Å². The van der Waals surface area contributed by atoms with E-state index in [9.17, 15) is 0 Å². The molecule has 0 saturated heterocycles. The maximum absolute atomic E-state index is 15.3. The average molecular weight is 460 g/mol. The second-order valence-corrected chi connectivity index (χ2v) is 8.37. The van der Waals surface area contributed by atoms with Crippen molar-refractivity contribution >= 4 is 18.4 Å². The highest BCUT2D eigenvalue weighted by Gasteiger charge is 2.31. The quantitative estimate of drug-likeness (QED) is 0.507. The van der Waals surface area contributed by atoms with Gasteiger partial charge in [-0.2, -0.15) is 0 Å². The molecule has 2 aromatic rings. The molecular formula is C26H30FN7. The number of hydrogen-bond acceptors (Lipinski definition) is 6. The van der Waals surface area contributed by atoms with Crippen LogP contribution in [0.4, 0.5) is 4.39 Å². The molecule has 0 spiro atoms. The normalized spacial score (nSPS) is 21.2. The van der Waals surface area contributed by atoms with Gasteiger partial charge in [0.05, 0.1) is 12.2 Å². The molecule has 1 unspecified atom stereocenters. The minimum atomic E-state index is -0.258. The summed E-state index contributed by atoms with van der Waals surface area (Å²) in [5, 5.41) is 0. The van der Waals surface area contributed by atoms with Crippen LogP contribution >= 0.6 is 0 Å². The Labute approximate surface area is 200 Å². The molecule has 0 radical (unpaired) electrons. The fourth-order valence-corrected chi connectivity index (χ4v) is 4.13. The maximum Gasteiger partial charge on any atom is 0.157 e. The van der Waals surface area contributed by atoms with E-state index in [1.54, 1.807) is 18.5 Å². The van der Waals surface area contributed by atoms with Crippen LogP contribution in [0.1, 0.15) is 30.5 Å². The van der Waals surface area contributed by atoms with E-state index in [-0.39, 0.29) is 18.4 Å². The summed E-state index contributed by atoms with van der Waals surface area (Å²) in [7, 11) is 0. The molecule has 8 heteroatoms. The molecule has 34 heavy (non-hydrogen) atoms. The van der Waals surface area contributed by atoms with Gasteiger partial charge in [-0.25, -0.2) is 9.38 Å². The monoisotopic (exact) mass is 459 g/mol. The summed E-state index contributed by atoms with van der Waals surface area (Å²) < 4.78 is 15.3. The first-order chi connectivity index (χ1) is 16.5. The molecule has 2 aliphatic heterocycles. The lowest BCUT2D eigenvalue weighted by Crippen LogP contribution is -2.39. The van der Waals surface area contributed by atoms with Crippen molar-refractivity contribution in [2.75, 3.05) is 19.6 Å². The lowest BCUT2D eigenvalue weighted by atomic mass is 10.1.